The van der Waals surface area contributed by atoms with Crippen LogP contribution < -0.4 is 5.73 Å². The van der Waals surface area contributed by atoms with Crippen LogP contribution >= 0.6 is 11.6 Å². The van der Waals surface area contributed by atoms with E-state index in [4.69, 9.17) is 22.4 Å². The van der Waals surface area contributed by atoms with E-state index in [-0.39, 0.29) is 16.3 Å². The third-order valence-corrected chi connectivity index (χ3v) is 2.69. The number of phenols is 1. The zero-order valence-electron chi connectivity index (χ0n) is 8.41. The number of carbonyl (C=O) groups is 1. The number of phenolic OH excluding ortho intramolecular Hbond substituents is 1. The van der Waals surface area contributed by atoms with Gasteiger partial charge in [0.2, 0.25) is 0 Å². The van der Waals surface area contributed by atoms with Crippen molar-refractivity contribution in [2.45, 2.75) is 19.9 Å². The molecule has 1 rings (SSSR count). The van der Waals surface area contributed by atoms with Crippen molar-refractivity contribution in [3.8, 4) is 5.75 Å². The Labute approximate surface area is 92.3 Å². The third kappa shape index (κ3) is 2.06. The van der Waals surface area contributed by atoms with Gasteiger partial charge in [-0.15, -0.1) is 0 Å². The first-order valence-electron chi connectivity index (χ1n) is 4.33. The highest BCUT2D eigenvalue weighted by Crippen LogP contribution is 2.35. The Morgan fingerprint density at radius 1 is 1.53 bits per heavy atom. The van der Waals surface area contributed by atoms with Crippen LogP contribution in [0.15, 0.2) is 6.07 Å². The first-order valence-corrected chi connectivity index (χ1v) is 4.71. The number of rotatable bonds is 2. The second-order valence-electron chi connectivity index (χ2n) is 3.38. The molecule has 0 bridgehead atoms. The lowest BCUT2D eigenvalue weighted by atomic mass is 9.97. The molecule has 4 nitrogen and oxygen atoms in total. The third-order valence-electron chi connectivity index (χ3n) is 2.40. The van der Waals surface area contributed by atoms with Gasteiger partial charge in [0, 0.05) is 5.56 Å². The molecule has 0 aromatic heterocycles. The van der Waals surface area contributed by atoms with Gasteiger partial charge in [-0.3, -0.25) is 4.79 Å². The second-order valence-corrected chi connectivity index (χ2v) is 3.79. The maximum Gasteiger partial charge on any atom is 0.325 e. The summed E-state index contributed by atoms with van der Waals surface area (Å²) < 4.78 is 0. The second kappa shape index (κ2) is 4.08. The van der Waals surface area contributed by atoms with Gasteiger partial charge in [0.15, 0.2) is 0 Å². The molecule has 0 fully saturated rings. The summed E-state index contributed by atoms with van der Waals surface area (Å²) in [4.78, 5) is 10.7. The molecule has 15 heavy (non-hydrogen) atoms. The van der Waals surface area contributed by atoms with Gasteiger partial charge in [0.05, 0.1) is 5.02 Å². The molecule has 0 radical (unpaired) electrons. The molecule has 1 aromatic rings. The van der Waals surface area contributed by atoms with Crippen LogP contribution in [0.3, 0.4) is 0 Å². The monoisotopic (exact) mass is 229 g/mol. The zero-order valence-corrected chi connectivity index (χ0v) is 9.17. The molecule has 4 N–H and O–H groups in total. The number of nitrogens with two attached hydrogens (primary N) is 1. The van der Waals surface area contributed by atoms with Gasteiger partial charge in [-0.05, 0) is 31.0 Å². The minimum Gasteiger partial charge on any atom is -0.506 e. The van der Waals surface area contributed by atoms with Crippen LogP contribution in [0, 0.1) is 13.8 Å². The highest BCUT2D eigenvalue weighted by Gasteiger charge is 2.23. The van der Waals surface area contributed by atoms with Crippen molar-refractivity contribution < 1.29 is 15.0 Å². The van der Waals surface area contributed by atoms with Gasteiger partial charge < -0.3 is 15.9 Å². The van der Waals surface area contributed by atoms with Crippen molar-refractivity contribution >= 4 is 17.6 Å². The molecule has 1 aromatic carbocycles. The predicted molar refractivity (Wildman–Crippen MR) is 57.2 cm³/mol. The number of carboxylic acids is 1. The summed E-state index contributed by atoms with van der Waals surface area (Å²) >= 11 is 5.74. The van der Waals surface area contributed by atoms with Gasteiger partial charge in [-0.2, -0.15) is 0 Å². The van der Waals surface area contributed by atoms with Crippen LogP contribution in [0.2, 0.25) is 5.02 Å². The molecule has 0 saturated carbocycles. The van der Waals surface area contributed by atoms with Crippen LogP contribution in [0.4, 0.5) is 0 Å². The largest absolute Gasteiger partial charge is 0.506 e. The Morgan fingerprint density at radius 2 is 2.07 bits per heavy atom. The molecular weight excluding hydrogens is 218 g/mol. The Balaban J connectivity index is 3.45. The van der Waals surface area contributed by atoms with Gasteiger partial charge in [0.1, 0.15) is 11.8 Å². The molecule has 0 amide bonds. The van der Waals surface area contributed by atoms with Crippen LogP contribution in [-0.2, 0) is 4.79 Å². The number of aryl methyl sites for hydroxylation is 1. The summed E-state index contributed by atoms with van der Waals surface area (Å²) in [6.07, 6.45) is 0. The van der Waals surface area contributed by atoms with E-state index in [0.717, 1.165) is 5.56 Å². The minimum atomic E-state index is -1.26. The van der Waals surface area contributed by atoms with Crippen molar-refractivity contribution in [2.75, 3.05) is 0 Å². The Morgan fingerprint density at radius 3 is 2.53 bits per heavy atom. The van der Waals surface area contributed by atoms with E-state index < -0.39 is 12.0 Å². The first-order chi connectivity index (χ1) is 6.86. The summed E-state index contributed by atoms with van der Waals surface area (Å²) in [6, 6.07) is 0.312. The van der Waals surface area contributed by atoms with Crippen molar-refractivity contribution in [1.82, 2.24) is 0 Å². The van der Waals surface area contributed by atoms with E-state index in [0.29, 0.717) is 5.56 Å². The van der Waals surface area contributed by atoms with Crippen LogP contribution in [0.1, 0.15) is 22.7 Å². The summed E-state index contributed by atoms with van der Waals surface area (Å²) in [7, 11) is 0. The lowest BCUT2D eigenvalue weighted by Crippen LogP contribution is -2.22. The van der Waals surface area contributed by atoms with E-state index in [1.807, 2.05) is 0 Å². The molecule has 0 aliphatic rings. The average Bonchev–Trinajstić information content (AvgIpc) is 2.15. The fourth-order valence-electron chi connectivity index (χ4n) is 1.39. The summed E-state index contributed by atoms with van der Waals surface area (Å²) in [6.45, 7) is 3.47. The molecule has 1 unspecified atom stereocenters. The first kappa shape index (κ1) is 11.8. The van der Waals surface area contributed by atoms with E-state index in [9.17, 15) is 9.90 Å². The number of hydrogen-bond acceptors (Lipinski definition) is 3. The summed E-state index contributed by atoms with van der Waals surface area (Å²) in [5.74, 6) is -1.45. The number of hydrogen-bond donors (Lipinski definition) is 3. The topological polar surface area (TPSA) is 83.5 Å². The van der Waals surface area contributed by atoms with E-state index in [1.165, 1.54) is 0 Å². The van der Waals surface area contributed by atoms with E-state index >= 15 is 0 Å². The lowest BCUT2D eigenvalue weighted by Gasteiger charge is -2.15. The number of carboxylic acid groups (broad SMARTS) is 1. The van der Waals surface area contributed by atoms with Gasteiger partial charge in [-0.25, -0.2) is 0 Å². The molecule has 0 spiro atoms. The number of aliphatic carboxylic acids is 1. The average molecular weight is 230 g/mol. The fourth-order valence-corrected chi connectivity index (χ4v) is 1.65. The molecule has 1 atom stereocenters. The fraction of sp³-hybridized carbons (Fsp3) is 0.300. The van der Waals surface area contributed by atoms with E-state index in [1.54, 1.807) is 19.9 Å². The predicted octanol–water partition coefficient (Wildman–Crippen LogP) is 1.75. The SMILES string of the molecule is Cc1cc(Cl)c(O)c(C(N)C(=O)O)c1C. The Bertz CT molecular complexity index is 391. The normalized spacial score (nSPS) is 12.5. The molecular formula is C10H12ClNO3. The Kier molecular flexibility index (Phi) is 3.21. The Hall–Kier alpha value is -1.26. The smallest absolute Gasteiger partial charge is 0.325 e. The molecule has 82 valence electrons. The van der Waals surface area contributed by atoms with Crippen LogP contribution in [0.5, 0.6) is 5.75 Å². The van der Waals surface area contributed by atoms with Crippen molar-refractivity contribution in [3.05, 3.63) is 27.8 Å². The zero-order chi connectivity index (χ0) is 11.7. The minimum absolute atomic E-state index is 0.116. The van der Waals surface area contributed by atoms with Crippen LogP contribution in [-0.4, -0.2) is 16.2 Å². The highest BCUT2D eigenvalue weighted by atomic mass is 35.5. The lowest BCUT2D eigenvalue weighted by molar-refractivity contribution is -0.138. The molecule has 0 aliphatic carbocycles. The molecule has 0 saturated heterocycles. The van der Waals surface area contributed by atoms with Crippen molar-refractivity contribution in [1.29, 1.82) is 0 Å². The summed E-state index contributed by atoms with van der Waals surface area (Å²) in [5.41, 5.74) is 7.07. The standard InChI is InChI=1S/C10H12ClNO3/c1-4-3-6(11)9(13)7(5(4)2)8(12)10(14)15/h3,8,13H,12H2,1-2H3,(H,14,15). The van der Waals surface area contributed by atoms with Crippen molar-refractivity contribution in [2.24, 2.45) is 5.73 Å². The maximum atomic E-state index is 10.7. The molecule has 0 heterocycles. The number of aromatic hydroxyl groups is 1. The number of benzene rings is 1. The quantitative estimate of drug-likeness (QED) is 0.721. The van der Waals surface area contributed by atoms with Gasteiger partial charge in [-0.1, -0.05) is 11.6 Å². The highest BCUT2D eigenvalue weighted by molar-refractivity contribution is 6.32. The van der Waals surface area contributed by atoms with Crippen molar-refractivity contribution in [3.63, 3.8) is 0 Å². The van der Waals surface area contributed by atoms with Gasteiger partial charge in [0.25, 0.3) is 0 Å². The van der Waals surface area contributed by atoms with Gasteiger partial charge >= 0.3 is 5.97 Å². The van der Waals surface area contributed by atoms with E-state index in [2.05, 4.69) is 0 Å². The number of halogens is 1. The molecule has 0 aliphatic heterocycles. The summed E-state index contributed by atoms with van der Waals surface area (Å²) in [5, 5.41) is 18.5. The van der Waals surface area contributed by atoms with Crippen LogP contribution in [0.25, 0.3) is 0 Å². The molecule has 5 heteroatoms. The maximum absolute atomic E-state index is 10.7.